The van der Waals surface area contributed by atoms with Gasteiger partial charge < -0.3 is 4.90 Å². The zero-order valence-corrected chi connectivity index (χ0v) is 12.2. The summed E-state index contributed by atoms with van der Waals surface area (Å²) in [4.78, 5) is 14.5. The van der Waals surface area contributed by atoms with Gasteiger partial charge in [-0.2, -0.15) is 0 Å². The highest BCUT2D eigenvalue weighted by molar-refractivity contribution is 5.84. The van der Waals surface area contributed by atoms with Crippen molar-refractivity contribution in [3.63, 3.8) is 0 Å². The first-order valence-corrected chi connectivity index (χ1v) is 7.66. The van der Waals surface area contributed by atoms with Crippen molar-refractivity contribution in [2.75, 3.05) is 6.54 Å². The van der Waals surface area contributed by atoms with Crippen molar-refractivity contribution in [1.82, 2.24) is 10.2 Å². The molecule has 0 aromatic heterocycles. The van der Waals surface area contributed by atoms with E-state index in [4.69, 9.17) is 0 Å². The number of amides is 1. The van der Waals surface area contributed by atoms with Crippen LogP contribution in [0, 0.1) is 5.41 Å². The fourth-order valence-electron chi connectivity index (χ4n) is 3.54. The first kappa shape index (κ1) is 13.9. The van der Waals surface area contributed by atoms with Crippen LogP contribution in [0.2, 0.25) is 0 Å². The van der Waals surface area contributed by atoms with Gasteiger partial charge in [0, 0.05) is 6.54 Å². The lowest BCUT2D eigenvalue weighted by Gasteiger charge is -2.38. The summed E-state index contributed by atoms with van der Waals surface area (Å²) in [5.74, 6) is 0.330. The first-order valence-electron chi connectivity index (χ1n) is 7.66. The Morgan fingerprint density at radius 2 is 1.89 bits per heavy atom. The van der Waals surface area contributed by atoms with Crippen LogP contribution in [0.15, 0.2) is 0 Å². The van der Waals surface area contributed by atoms with Gasteiger partial charge in [0.1, 0.15) is 0 Å². The Morgan fingerprint density at radius 3 is 2.44 bits per heavy atom. The molecular formula is C15H28N2O. The van der Waals surface area contributed by atoms with E-state index in [1.807, 2.05) is 0 Å². The third-order valence-electron chi connectivity index (χ3n) is 4.76. The molecule has 1 aliphatic carbocycles. The van der Waals surface area contributed by atoms with Crippen molar-refractivity contribution in [2.24, 2.45) is 5.41 Å². The Labute approximate surface area is 111 Å². The van der Waals surface area contributed by atoms with Crippen LogP contribution in [0.3, 0.4) is 0 Å². The van der Waals surface area contributed by atoms with Gasteiger partial charge in [-0.1, -0.05) is 40.0 Å². The minimum absolute atomic E-state index is 0.0575. The lowest BCUT2D eigenvalue weighted by atomic mass is 9.75. The Bertz CT molecular complexity index is 297. The molecular weight excluding hydrogens is 224 g/mol. The second kappa shape index (κ2) is 5.60. The monoisotopic (exact) mass is 252 g/mol. The number of nitrogens with zero attached hydrogens (tertiary/aromatic N) is 1. The van der Waals surface area contributed by atoms with Gasteiger partial charge in [-0.15, -0.1) is 0 Å². The smallest absolute Gasteiger partial charge is 0.241 e. The average Bonchev–Trinajstić information content (AvgIpc) is 2.67. The molecule has 3 nitrogen and oxygen atoms in total. The molecule has 0 aromatic rings. The molecule has 1 heterocycles. The zero-order chi connectivity index (χ0) is 13.2. The maximum Gasteiger partial charge on any atom is 0.241 e. The van der Waals surface area contributed by atoms with E-state index in [9.17, 15) is 4.79 Å². The highest BCUT2D eigenvalue weighted by Crippen LogP contribution is 2.37. The standard InChI is InChI=1S/C15H28N2O/c1-4-12-14(18)17(13(5-2)16-12)11-15(3)9-7-6-8-10-15/h12-13,16H,4-11H2,1-3H3. The minimum atomic E-state index is 0.0575. The molecule has 1 saturated carbocycles. The van der Waals surface area contributed by atoms with Crippen LogP contribution >= 0.6 is 0 Å². The number of carbonyl (C=O) groups is 1. The van der Waals surface area contributed by atoms with E-state index in [0.29, 0.717) is 11.3 Å². The maximum absolute atomic E-state index is 12.4. The summed E-state index contributed by atoms with van der Waals surface area (Å²) < 4.78 is 0. The van der Waals surface area contributed by atoms with E-state index < -0.39 is 0 Å². The molecule has 0 radical (unpaired) electrons. The summed E-state index contributed by atoms with van der Waals surface area (Å²) in [5, 5.41) is 3.47. The third kappa shape index (κ3) is 2.71. The number of hydrogen-bond donors (Lipinski definition) is 1. The molecule has 2 fully saturated rings. The zero-order valence-electron chi connectivity index (χ0n) is 12.2. The van der Waals surface area contributed by atoms with E-state index in [1.165, 1.54) is 32.1 Å². The van der Waals surface area contributed by atoms with Gasteiger partial charge in [0.2, 0.25) is 5.91 Å². The number of carbonyl (C=O) groups excluding carboxylic acids is 1. The highest BCUT2D eigenvalue weighted by Gasteiger charge is 2.40. The lowest BCUT2D eigenvalue weighted by molar-refractivity contribution is -0.132. The van der Waals surface area contributed by atoms with Gasteiger partial charge in [0.15, 0.2) is 0 Å². The van der Waals surface area contributed by atoms with Gasteiger partial charge in [-0.05, 0) is 31.1 Å². The van der Waals surface area contributed by atoms with E-state index in [1.54, 1.807) is 0 Å². The van der Waals surface area contributed by atoms with Crippen molar-refractivity contribution >= 4 is 5.91 Å². The Kier molecular flexibility index (Phi) is 4.31. The fraction of sp³-hybridized carbons (Fsp3) is 0.933. The fourth-order valence-corrected chi connectivity index (χ4v) is 3.54. The van der Waals surface area contributed by atoms with Crippen LogP contribution in [0.5, 0.6) is 0 Å². The van der Waals surface area contributed by atoms with Gasteiger partial charge in [0.25, 0.3) is 0 Å². The van der Waals surface area contributed by atoms with Crippen molar-refractivity contribution in [2.45, 2.75) is 77.9 Å². The first-order chi connectivity index (χ1) is 8.59. The van der Waals surface area contributed by atoms with Gasteiger partial charge >= 0.3 is 0 Å². The molecule has 1 saturated heterocycles. The van der Waals surface area contributed by atoms with Crippen LogP contribution in [0.1, 0.15) is 65.7 Å². The Morgan fingerprint density at radius 1 is 1.22 bits per heavy atom. The van der Waals surface area contributed by atoms with Gasteiger partial charge in [0.05, 0.1) is 12.2 Å². The van der Waals surface area contributed by atoms with E-state index in [-0.39, 0.29) is 12.2 Å². The summed E-state index contributed by atoms with van der Waals surface area (Å²) in [6, 6.07) is 0.0575. The van der Waals surface area contributed by atoms with Crippen molar-refractivity contribution < 1.29 is 4.79 Å². The quantitative estimate of drug-likeness (QED) is 0.834. The van der Waals surface area contributed by atoms with Crippen LogP contribution in [0.4, 0.5) is 0 Å². The van der Waals surface area contributed by atoms with Crippen LogP contribution in [-0.2, 0) is 4.79 Å². The molecule has 0 bridgehead atoms. The van der Waals surface area contributed by atoms with Gasteiger partial charge in [-0.3, -0.25) is 10.1 Å². The molecule has 2 aliphatic rings. The molecule has 2 atom stereocenters. The number of rotatable bonds is 4. The third-order valence-corrected chi connectivity index (χ3v) is 4.76. The van der Waals surface area contributed by atoms with Crippen molar-refractivity contribution in [3.05, 3.63) is 0 Å². The molecule has 18 heavy (non-hydrogen) atoms. The SMILES string of the molecule is CCC1NC(CC)N(CC2(C)CCCCC2)C1=O. The second-order valence-corrected chi connectivity index (χ2v) is 6.39. The lowest BCUT2D eigenvalue weighted by Crippen LogP contribution is -2.44. The van der Waals surface area contributed by atoms with Crippen LogP contribution in [0.25, 0.3) is 0 Å². The molecule has 1 aliphatic heterocycles. The summed E-state index contributed by atoms with van der Waals surface area (Å²) in [7, 11) is 0. The summed E-state index contributed by atoms with van der Waals surface area (Å²) in [6.45, 7) is 7.58. The highest BCUT2D eigenvalue weighted by atomic mass is 16.2. The molecule has 2 rings (SSSR count). The van der Waals surface area contributed by atoms with E-state index in [0.717, 1.165) is 19.4 Å². The van der Waals surface area contributed by atoms with Crippen LogP contribution in [-0.4, -0.2) is 29.6 Å². The predicted octanol–water partition coefficient (Wildman–Crippen LogP) is 2.90. The second-order valence-electron chi connectivity index (χ2n) is 6.39. The van der Waals surface area contributed by atoms with Crippen molar-refractivity contribution in [1.29, 1.82) is 0 Å². The Balaban J connectivity index is 2.04. The molecule has 1 amide bonds. The normalized spacial score (nSPS) is 31.9. The molecule has 2 unspecified atom stereocenters. The molecule has 104 valence electrons. The molecule has 3 heteroatoms. The summed E-state index contributed by atoms with van der Waals surface area (Å²) >= 11 is 0. The van der Waals surface area contributed by atoms with Crippen molar-refractivity contribution in [3.8, 4) is 0 Å². The minimum Gasteiger partial charge on any atom is -0.325 e. The number of nitrogens with one attached hydrogen (secondary N) is 1. The average molecular weight is 252 g/mol. The molecule has 1 N–H and O–H groups in total. The summed E-state index contributed by atoms with van der Waals surface area (Å²) in [6.07, 6.45) is 8.78. The topological polar surface area (TPSA) is 32.3 Å². The molecule has 0 spiro atoms. The Hall–Kier alpha value is -0.570. The number of hydrogen-bond acceptors (Lipinski definition) is 2. The van der Waals surface area contributed by atoms with E-state index >= 15 is 0 Å². The van der Waals surface area contributed by atoms with E-state index in [2.05, 4.69) is 31.0 Å². The molecule has 0 aromatic carbocycles. The van der Waals surface area contributed by atoms with Gasteiger partial charge in [-0.25, -0.2) is 0 Å². The predicted molar refractivity (Wildman–Crippen MR) is 74.2 cm³/mol. The van der Waals surface area contributed by atoms with Crippen LogP contribution < -0.4 is 5.32 Å². The largest absolute Gasteiger partial charge is 0.325 e. The maximum atomic E-state index is 12.4. The summed E-state index contributed by atoms with van der Waals surface area (Å²) in [5.41, 5.74) is 0.353.